The number of fused-ring (bicyclic) bond motifs is 1. The number of nitro groups is 1. The van der Waals surface area contributed by atoms with Crippen molar-refractivity contribution in [1.82, 2.24) is 9.88 Å². The molecule has 0 aliphatic heterocycles. The van der Waals surface area contributed by atoms with E-state index in [0.29, 0.717) is 10.9 Å². The first-order valence-electron chi connectivity index (χ1n) is 7.06. The fourth-order valence-corrected chi connectivity index (χ4v) is 2.15. The number of rotatable bonds is 5. The lowest BCUT2D eigenvalue weighted by Gasteiger charge is -2.32. The highest BCUT2D eigenvalue weighted by Gasteiger charge is 2.31. The van der Waals surface area contributed by atoms with Crippen molar-refractivity contribution in [3.63, 3.8) is 0 Å². The molecule has 0 atom stereocenters. The van der Waals surface area contributed by atoms with Gasteiger partial charge in [-0.05, 0) is 12.1 Å². The van der Waals surface area contributed by atoms with E-state index in [1.165, 1.54) is 31.3 Å². The summed E-state index contributed by atoms with van der Waals surface area (Å²) in [6, 6.07) is 5.04. The fraction of sp³-hybridized carbons (Fsp3) is 0.231. The Kier molecular flexibility index (Phi) is 5.03. The van der Waals surface area contributed by atoms with Crippen LogP contribution in [-0.4, -0.2) is 65.3 Å². The number of ether oxygens (including phenoxy) is 1. The standard InChI is InChI=1S/C13H8B5N3O5/c1-20-8-3-2-7(21(24)25)4-6(8)5-9(10(20)22)26-12(14,15)11(23)19-13(16,17)18/h2-5H,1H3,(H,19,23). The summed E-state index contributed by atoms with van der Waals surface area (Å²) in [5.74, 6) is -1.61. The Bertz CT molecular complexity index is 954. The molecular formula is C13H8B5N3O5. The van der Waals surface area contributed by atoms with E-state index >= 15 is 0 Å². The molecule has 10 radical (unpaired) electrons. The second-order valence-corrected chi connectivity index (χ2v) is 5.66. The predicted molar refractivity (Wildman–Crippen MR) is 98.8 cm³/mol. The number of aryl methyl sites for hydroxylation is 1. The van der Waals surface area contributed by atoms with E-state index in [9.17, 15) is 19.7 Å². The van der Waals surface area contributed by atoms with E-state index in [4.69, 9.17) is 44.0 Å². The molecule has 0 aliphatic rings. The van der Waals surface area contributed by atoms with Crippen molar-refractivity contribution >= 4 is 61.7 Å². The van der Waals surface area contributed by atoms with Crippen LogP contribution in [0.5, 0.6) is 5.75 Å². The molecule has 8 nitrogen and oxygen atoms in total. The van der Waals surface area contributed by atoms with Gasteiger partial charge in [0.1, 0.15) is 21.1 Å². The maximum Gasteiger partial charge on any atom is 0.293 e. The van der Waals surface area contributed by atoms with Gasteiger partial charge >= 0.3 is 0 Å². The smallest absolute Gasteiger partial charge is 0.293 e. The number of hydrogen-bond acceptors (Lipinski definition) is 5. The van der Waals surface area contributed by atoms with Crippen LogP contribution in [0, 0.1) is 10.1 Å². The molecule has 1 heterocycles. The highest BCUT2D eigenvalue weighted by Crippen LogP contribution is 2.23. The van der Waals surface area contributed by atoms with E-state index in [1.807, 2.05) is 5.32 Å². The summed E-state index contributed by atoms with van der Waals surface area (Å²) < 4.78 is 6.26. The number of carbonyl (C=O) groups excluding carboxylic acids is 1. The normalized spacial score (nSPS) is 11.9. The van der Waals surface area contributed by atoms with Crippen molar-refractivity contribution in [1.29, 1.82) is 0 Å². The Morgan fingerprint density at radius 2 is 1.85 bits per heavy atom. The van der Waals surface area contributed by atoms with Crippen LogP contribution in [0.25, 0.3) is 10.9 Å². The zero-order valence-electron chi connectivity index (χ0n) is 13.6. The van der Waals surface area contributed by atoms with E-state index in [2.05, 4.69) is 0 Å². The summed E-state index contributed by atoms with van der Waals surface area (Å²) in [6.45, 7) is 0. The Balaban J connectivity index is 2.49. The summed E-state index contributed by atoms with van der Waals surface area (Å²) in [5.41, 5.74) is -0.494. The second-order valence-electron chi connectivity index (χ2n) is 5.66. The van der Waals surface area contributed by atoms with E-state index in [1.54, 1.807) is 0 Å². The third kappa shape index (κ3) is 4.15. The van der Waals surface area contributed by atoms with Gasteiger partial charge in [-0.2, -0.15) is 0 Å². The molecule has 1 aromatic carbocycles. The molecule has 0 saturated carbocycles. The third-order valence-electron chi connectivity index (χ3n) is 3.35. The van der Waals surface area contributed by atoms with Crippen LogP contribution in [0.2, 0.25) is 0 Å². The van der Waals surface area contributed by atoms with Crippen molar-refractivity contribution in [2.75, 3.05) is 0 Å². The van der Waals surface area contributed by atoms with Crippen molar-refractivity contribution < 1.29 is 14.5 Å². The number of pyridine rings is 1. The van der Waals surface area contributed by atoms with Gasteiger partial charge < -0.3 is 14.6 Å². The van der Waals surface area contributed by atoms with Gasteiger partial charge in [0.2, 0.25) is 5.91 Å². The minimum absolute atomic E-state index is 0.203. The monoisotopic (exact) mass is 341 g/mol. The van der Waals surface area contributed by atoms with Gasteiger partial charge in [0, 0.05) is 24.6 Å². The molecule has 0 saturated heterocycles. The minimum atomic E-state index is -2.54. The summed E-state index contributed by atoms with van der Waals surface area (Å²) in [4.78, 5) is 34.6. The maximum atomic E-state index is 12.4. The molecule has 0 fully saturated rings. The van der Waals surface area contributed by atoms with Crippen LogP contribution in [-0.2, 0) is 11.8 Å². The predicted octanol–water partition coefficient (Wildman–Crippen LogP) is -1.95. The van der Waals surface area contributed by atoms with Crippen LogP contribution in [0.15, 0.2) is 29.1 Å². The molecule has 1 N–H and O–H groups in total. The van der Waals surface area contributed by atoms with Gasteiger partial charge in [0.15, 0.2) is 5.75 Å². The van der Waals surface area contributed by atoms with Crippen molar-refractivity contribution in [2.45, 2.75) is 10.6 Å². The van der Waals surface area contributed by atoms with E-state index in [0.717, 1.165) is 4.57 Å². The molecule has 1 aromatic heterocycles. The first-order valence-corrected chi connectivity index (χ1v) is 7.06. The molecular weight excluding hydrogens is 332 g/mol. The second kappa shape index (κ2) is 6.62. The molecule has 13 heteroatoms. The fourth-order valence-electron chi connectivity index (χ4n) is 2.15. The highest BCUT2D eigenvalue weighted by molar-refractivity contribution is 6.61. The highest BCUT2D eigenvalue weighted by atomic mass is 16.6. The van der Waals surface area contributed by atoms with Gasteiger partial charge in [-0.15, -0.1) is 0 Å². The Hall–Kier alpha value is -2.58. The SMILES string of the molecule is [B]C([B])([B])NC(=O)C([B])([B])Oc1cc2cc([N+](=O)[O-])ccc2n(C)c1=O. The van der Waals surface area contributed by atoms with Crippen LogP contribution >= 0.6 is 0 Å². The van der Waals surface area contributed by atoms with Gasteiger partial charge in [-0.25, -0.2) is 0 Å². The van der Waals surface area contributed by atoms with Crippen LogP contribution in [0.3, 0.4) is 0 Å². The number of hydrogen-bond donors (Lipinski definition) is 1. The first-order chi connectivity index (χ1) is 11.8. The first kappa shape index (κ1) is 19.7. The molecule has 26 heavy (non-hydrogen) atoms. The number of aromatic nitrogens is 1. The summed E-state index contributed by atoms with van der Waals surface area (Å²) >= 11 is 0. The maximum absolute atomic E-state index is 12.4. The molecule has 0 aliphatic carbocycles. The Morgan fingerprint density at radius 1 is 1.23 bits per heavy atom. The molecule has 1 amide bonds. The third-order valence-corrected chi connectivity index (χ3v) is 3.35. The van der Waals surface area contributed by atoms with Crippen LogP contribution < -0.4 is 15.6 Å². The average molecular weight is 340 g/mol. The molecule has 0 bridgehead atoms. The van der Waals surface area contributed by atoms with Crippen molar-refractivity contribution in [3.05, 3.63) is 44.7 Å². The number of nitrogens with one attached hydrogen (secondary N) is 1. The number of nitro benzene ring substituents is 1. The van der Waals surface area contributed by atoms with Crippen molar-refractivity contribution in [3.8, 4) is 5.75 Å². The molecule has 120 valence electrons. The molecule has 0 unspecified atom stereocenters. The zero-order valence-corrected chi connectivity index (χ0v) is 13.6. The number of benzene rings is 1. The lowest BCUT2D eigenvalue weighted by molar-refractivity contribution is -0.384. The minimum Gasteiger partial charge on any atom is -0.492 e. The summed E-state index contributed by atoms with van der Waals surface area (Å²) in [6.07, 6.45) is 0. The lowest BCUT2D eigenvalue weighted by Crippen LogP contribution is -2.61. The Morgan fingerprint density at radius 3 is 2.38 bits per heavy atom. The van der Waals surface area contributed by atoms with Gasteiger partial charge in [0.05, 0.1) is 34.0 Å². The Labute approximate surface area is 154 Å². The molecule has 2 aromatic rings. The van der Waals surface area contributed by atoms with Gasteiger partial charge in [-0.1, -0.05) is 5.24 Å². The van der Waals surface area contributed by atoms with Crippen LogP contribution in [0.4, 0.5) is 5.69 Å². The number of amides is 1. The number of non-ortho nitro benzene ring substituents is 1. The largest absolute Gasteiger partial charge is 0.492 e. The number of nitrogens with zero attached hydrogens (tertiary/aromatic N) is 2. The lowest BCUT2D eigenvalue weighted by atomic mass is 9.49. The average Bonchev–Trinajstić information content (AvgIpc) is 2.49. The van der Waals surface area contributed by atoms with Gasteiger partial charge in [0.25, 0.3) is 11.2 Å². The van der Waals surface area contributed by atoms with E-state index in [-0.39, 0.29) is 5.69 Å². The topological polar surface area (TPSA) is 103 Å². The van der Waals surface area contributed by atoms with Crippen LogP contribution in [0.1, 0.15) is 0 Å². The van der Waals surface area contributed by atoms with Crippen molar-refractivity contribution in [2.24, 2.45) is 7.05 Å². The van der Waals surface area contributed by atoms with E-state index < -0.39 is 32.8 Å². The molecule has 0 spiro atoms. The summed E-state index contributed by atoms with van der Waals surface area (Å²) in [5, 5.41) is 8.45. The summed E-state index contributed by atoms with van der Waals surface area (Å²) in [7, 11) is 28.2. The molecule has 2 rings (SSSR count). The zero-order chi connectivity index (χ0) is 19.9. The van der Waals surface area contributed by atoms with Gasteiger partial charge in [-0.3, -0.25) is 19.7 Å². The number of carbonyl (C=O) groups is 1. The quantitative estimate of drug-likeness (QED) is 0.387.